The van der Waals surface area contributed by atoms with Crippen molar-refractivity contribution in [2.45, 2.75) is 24.2 Å². The Balaban J connectivity index is 3.09. The van der Waals surface area contributed by atoms with Gasteiger partial charge in [0.1, 0.15) is 0 Å². The Bertz CT molecular complexity index is 705. The molecule has 120 valence electrons. The van der Waals surface area contributed by atoms with E-state index in [4.69, 9.17) is 5.73 Å². The fourth-order valence-electron chi connectivity index (χ4n) is 1.90. The van der Waals surface area contributed by atoms with Gasteiger partial charge in [0.05, 0.1) is 0 Å². The summed E-state index contributed by atoms with van der Waals surface area (Å²) in [6.07, 6.45) is 3.38. The van der Waals surface area contributed by atoms with Gasteiger partial charge in [-0.1, -0.05) is 6.42 Å². The van der Waals surface area contributed by atoms with Crippen LogP contribution in [0.4, 0.5) is 0 Å². The van der Waals surface area contributed by atoms with Gasteiger partial charge in [-0.3, -0.25) is 9.36 Å². The van der Waals surface area contributed by atoms with Crippen LogP contribution < -0.4 is 17.0 Å². The van der Waals surface area contributed by atoms with Crippen LogP contribution in [0.3, 0.4) is 0 Å². The van der Waals surface area contributed by atoms with Crippen molar-refractivity contribution < 1.29 is 8.42 Å². The first-order valence-electron chi connectivity index (χ1n) is 6.66. The molecule has 0 atom stereocenters. The highest BCUT2D eigenvalue weighted by atomic mass is 32.2. The molecule has 0 spiro atoms. The molecule has 1 heterocycles. The zero-order chi connectivity index (χ0) is 16.2. The molecule has 1 aromatic rings. The first-order chi connectivity index (χ1) is 9.73. The predicted octanol–water partition coefficient (Wildman–Crippen LogP) is -1.17. The molecular weight excluding hydrogens is 296 g/mol. The first-order valence-corrected chi connectivity index (χ1v) is 8.10. The lowest BCUT2D eigenvalue weighted by molar-refractivity contribution is 0.449. The van der Waals surface area contributed by atoms with E-state index in [2.05, 4.69) is 0 Å². The van der Waals surface area contributed by atoms with Crippen molar-refractivity contribution in [3.05, 3.63) is 27.0 Å². The Labute approximate surface area is 123 Å². The highest BCUT2D eigenvalue weighted by Crippen LogP contribution is 2.10. The highest BCUT2D eigenvalue weighted by Gasteiger charge is 2.25. The number of aryl methyl sites for hydroxylation is 1. The summed E-state index contributed by atoms with van der Waals surface area (Å²) < 4.78 is 27.8. The molecule has 0 amide bonds. The van der Waals surface area contributed by atoms with Gasteiger partial charge in [-0.05, 0) is 19.4 Å². The van der Waals surface area contributed by atoms with Gasteiger partial charge >= 0.3 is 5.69 Å². The van der Waals surface area contributed by atoms with E-state index < -0.39 is 26.2 Å². The molecular formula is C12H22N4O4S. The van der Waals surface area contributed by atoms with E-state index in [1.165, 1.54) is 21.1 Å². The molecule has 0 bridgehead atoms. The Morgan fingerprint density at radius 2 is 1.81 bits per heavy atom. The molecule has 0 aliphatic rings. The number of unbranched alkanes of at least 4 members (excludes halogenated alkanes) is 2. The van der Waals surface area contributed by atoms with E-state index in [-0.39, 0.29) is 0 Å². The SMILES string of the molecule is CN(CCCCCN)S(=O)(=O)c1cn(C)c(=O)n(C)c1=O. The number of hydrogen-bond donors (Lipinski definition) is 1. The van der Waals surface area contributed by atoms with Crippen LogP contribution in [-0.2, 0) is 24.1 Å². The largest absolute Gasteiger partial charge is 0.330 e. The van der Waals surface area contributed by atoms with Gasteiger partial charge in [0, 0.05) is 33.9 Å². The highest BCUT2D eigenvalue weighted by molar-refractivity contribution is 7.89. The van der Waals surface area contributed by atoms with Crippen molar-refractivity contribution in [2.75, 3.05) is 20.1 Å². The standard InChI is InChI=1S/C12H22N4O4S/c1-14-9-10(11(17)16(3)12(14)18)21(19,20)15(2)8-6-4-5-7-13/h9H,4-8,13H2,1-3H3. The van der Waals surface area contributed by atoms with Crippen LogP contribution in [0.25, 0.3) is 0 Å². The summed E-state index contributed by atoms with van der Waals surface area (Å²) in [6.45, 7) is 0.867. The summed E-state index contributed by atoms with van der Waals surface area (Å²) in [5, 5.41) is 0. The second kappa shape index (κ2) is 7.01. The maximum Gasteiger partial charge on any atom is 0.330 e. The van der Waals surface area contributed by atoms with Gasteiger partial charge < -0.3 is 10.3 Å². The molecule has 21 heavy (non-hydrogen) atoms. The molecule has 1 rings (SSSR count). The minimum absolute atomic E-state index is 0.300. The van der Waals surface area contributed by atoms with Crippen LogP contribution in [-0.4, -0.2) is 42.0 Å². The van der Waals surface area contributed by atoms with Crippen molar-refractivity contribution in [3.8, 4) is 0 Å². The summed E-state index contributed by atoms with van der Waals surface area (Å²) in [5.74, 6) is 0. The van der Waals surface area contributed by atoms with Gasteiger partial charge in [0.15, 0.2) is 4.90 Å². The summed E-state index contributed by atoms with van der Waals surface area (Å²) in [4.78, 5) is 23.2. The predicted molar refractivity (Wildman–Crippen MR) is 79.6 cm³/mol. The quantitative estimate of drug-likeness (QED) is 0.638. The molecule has 1 aromatic heterocycles. The zero-order valence-electron chi connectivity index (χ0n) is 12.6. The molecule has 0 aliphatic carbocycles. The summed E-state index contributed by atoms with van der Waals surface area (Å²) in [5.41, 5.74) is 4.00. The number of rotatable bonds is 7. The number of sulfonamides is 1. The molecule has 0 saturated heterocycles. The van der Waals surface area contributed by atoms with Crippen LogP contribution in [0.1, 0.15) is 19.3 Å². The second-order valence-corrected chi connectivity index (χ2v) is 6.94. The van der Waals surface area contributed by atoms with Gasteiger partial charge in [-0.25, -0.2) is 17.5 Å². The van der Waals surface area contributed by atoms with Crippen LogP contribution in [0, 0.1) is 0 Å². The third kappa shape index (κ3) is 3.80. The molecule has 2 N–H and O–H groups in total. The Morgan fingerprint density at radius 1 is 1.19 bits per heavy atom. The zero-order valence-corrected chi connectivity index (χ0v) is 13.4. The van der Waals surface area contributed by atoms with Crippen molar-refractivity contribution in [2.24, 2.45) is 19.8 Å². The van der Waals surface area contributed by atoms with Crippen LogP contribution in [0.2, 0.25) is 0 Å². The molecule has 0 aromatic carbocycles. The normalized spacial score (nSPS) is 12.0. The van der Waals surface area contributed by atoms with E-state index in [0.29, 0.717) is 19.5 Å². The number of hydrogen-bond acceptors (Lipinski definition) is 5. The average molecular weight is 318 g/mol. The lowest BCUT2D eigenvalue weighted by atomic mass is 10.2. The minimum atomic E-state index is -3.91. The lowest BCUT2D eigenvalue weighted by Crippen LogP contribution is -2.42. The number of nitrogens with zero attached hydrogens (tertiary/aromatic N) is 3. The van der Waals surface area contributed by atoms with E-state index >= 15 is 0 Å². The van der Waals surface area contributed by atoms with Gasteiger partial charge in [0.2, 0.25) is 10.0 Å². The van der Waals surface area contributed by atoms with Gasteiger partial charge in [-0.15, -0.1) is 0 Å². The van der Waals surface area contributed by atoms with E-state index in [0.717, 1.165) is 32.5 Å². The monoisotopic (exact) mass is 318 g/mol. The van der Waals surface area contributed by atoms with E-state index in [1.54, 1.807) is 0 Å². The Hall–Kier alpha value is -1.45. The van der Waals surface area contributed by atoms with Gasteiger partial charge in [0.25, 0.3) is 5.56 Å². The minimum Gasteiger partial charge on any atom is -0.330 e. The van der Waals surface area contributed by atoms with Gasteiger partial charge in [-0.2, -0.15) is 0 Å². The average Bonchev–Trinajstić information content (AvgIpc) is 2.44. The first kappa shape index (κ1) is 17.6. The molecule has 0 aliphatic heterocycles. The van der Waals surface area contributed by atoms with Crippen molar-refractivity contribution in [3.63, 3.8) is 0 Å². The number of nitrogens with two attached hydrogens (primary N) is 1. The molecule has 9 heteroatoms. The van der Waals surface area contributed by atoms with Crippen molar-refractivity contribution >= 4 is 10.0 Å². The fourth-order valence-corrected chi connectivity index (χ4v) is 3.25. The van der Waals surface area contributed by atoms with E-state index in [9.17, 15) is 18.0 Å². The third-order valence-electron chi connectivity index (χ3n) is 3.28. The van der Waals surface area contributed by atoms with Crippen molar-refractivity contribution in [1.82, 2.24) is 13.4 Å². The third-order valence-corrected chi connectivity index (χ3v) is 5.12. The van der Waals surface area contributed by atoms with Crippen LogP contribution in [0.15, 0.2) is 20.7 Å². The van der Waals surface area contributed by atoms with E-state index in [1.807, 2.05) is 0 Å². The summed E-state index contributed by atoms with van der Waals surface area (Å²) in [6, 6.07) is 0. The molecule has 0 fully saturated rings. The molecule has 0 radical (unpaired) electrons. The van der Waals surface area contributed by atoms with Crippen LogP contribution in [0.5, 0.6) is 0 Å². The Kier molecular flexibility index (Phi) is 5.87. The van der Waals surface area contributed by atoms with Crippen molar-refractivity contribution in [1.29, 1.82) is 0 Å². The summed E-state index contributed by atoms with van der Waals surface area (Å²) >= 11 is 0. The lowest BCUT2D eigenvalue weighted by Gasteiger charge is -2.17. The molecule has 8 nitrogen and oxygen atoms in total. The fraction of sp³-hybridized carbons (Fsp3) is 0.667. The van der Waals surface area contributed by atoms with Crippen LogP contribution >= 0.6 is 0 Å². The summed E-state index contributed by atoms with van der Waals surface area (Å²) in [7, 11) is 0.169. The maximum atomic E-state index is 12.4. The Morgan fingerprint density at radius 3 is 2.38 bits per heavy atom. The molecule has 0 saturated carbocycles. The number of aromatic nitrogens is 2. The smallest absolute Gasteiger partial charge is 0.330 e. The second-order valence-electron chi connectivity index (χ2n) is 4.93. The topological polar surface area (TPSA) is 107 Å². The molecule has 0 unspecified atom stereocenters. The maximum absolute atomic E-state index is 12.4.